The van der Waals surface area contributed by atoms with Crippen LogP contribution in [0.4, 0.5) is 0 Å². The monoisotopic (exact) mass is 397 g/mol. The largest absolute Gasteiger partial charge is 0.350 e. The third kappa shape index (κ3) is 4.26. The van der Waals surface area contributed by atoms with Crippen molar-refractivity contribution in [1.29, 1.82) is 0 Å². The first-order valence-corrected chi connectivity index (χ1v) is 9.81. The molecular weight excluding hydrogens is 374 g/mol. The molecule has 0 bridgehead atoms. The van der Waals surface area contributed by atoms with Crippen molar-refractivity contribution in [2.75, 3.05) is 19.6 Å². The molecule has 0 saturated carbocycles. The SMILES string of the molecule is CCN(CC)[C@@H](CNC(=O)c1cc(=O)[nH]c2ccccc12)c1ccccc1Cl. The van der Waals surface area contributed by atoms with Gasteiger partial charge in [0, 0.05) is 28.5 Å². The summed E-state index contributed by atoms with van der Waals surface area (Å²) < 4.78 is 0. The van der Waals surface area contributed by atoms with Gasteiger partial charge in [-0.2, -0.15) is 0 Å². The number of likely N-dealkylation sites (N-methyl/N-ethyl adjacent to an activating group) is 1. The summed E-state index contributed by atoms with van der Waals surface area (Å²) in [5, 5.41) is 4.40. The minimum absolute atomic E-state index is 0.0547. The predicted molar refractivity (Wildman–Crippen MR) is 114 cm³/mol. The molecule has 0 saturated heterocycles. The van der Waals surface area contributed by atoms with Crippen molar-refractivity contribution in [2.24, 2.45) is 0 Å². The van der Waals surface area contributed by atoms with Gasteiger partial charge in [0.2, 0.25) is 5.56 Å². The van der Waals surface area contributed by atoms with Crippen LogP contribution in [0.1, 0.15) is 35.8 Å². The van der Waals surface area contributed by atoms with Crippen LogP contribution < -0.4 is 10.9 Å². The van der Waals surface area contributed by atoms with E-state index in [-0.39, 0.29) is 17.5 Å². The fourth-order valence-electron chi connectivity index (χ4n) is 3.52. The number of H-pyrrole nitrogens is 1. The molecule has 2 N–H and O–H groups in total. The minimum atomic E-state index is -0.296. The number of para-hydroxylation sites is 1. The van der Waals surface area contributed by atoms with Gasteiger partial charge in [-0.15, -0.1) is 0 Å². The maximum atomic E-state index is 12.9. The molecule has 1 amide bonds. The zero-order valence-corrected chi connectivity index (χ0v) is 16.8. The van der Waals surface area contributed by atoms with Crippen molar-refractivity contribution in [2.45, 2.75) is 19.9 Å². The molecule has 0 aliphatic carbocycles. The van der Waals surface area contributed by atoms with Gasteiger partial charge in [-0.25, -0.2) is 0 Å². The lowest BCUT2D eigenvalue weighted by molar-refractivity contribution is 0.0936. The normalized spacial score (nSPS) is 12.3. The highest BCUT2D eigenvalue weighted by Crippen LogP contribution is 2.27. The van der Waals surface area contributed by atoms with Crippen LogP contribution in [0.2, 0.25) is 5.02 Å². The van der Waals surface area contributed by atoms with Crippen molar-refractivity contribution in [3.8, 4) is 0 Å². The second-order valence-electron chi connectivity index (χ2n) is 6.56. The summed E-state index contributed by atoms with van der Waals surface area (Å²) in [6.45, 7) is 6.22. The lowest BCUT2D eigenvalue weighted by Crippen LogP contribution is -2.38. The number of carbonyl (C=O) groups is 1. The molecule has 3 rings (SSSR count). The van der Waals surface area contributed by atoms with E-state index >= 15 is 0 Å². The summed E-state index contributed by atoms with van der Waals surface area (Å²) in [5.41, 5.74) is 1.70. The van der Waals surface area contributed by atoms with E-state index < -0.39 is 0 Å². The number of pyridine rings is 1. The zero-order chi connectivity index (χ0) is 20.1. The number of hydrogen-bond acceptors (Lipinski definition) is 3. The number of aromatic amines is 1. The van der Waals surface area contributed by atoms with Gasteiger partial charge in [0.1, 0.15) is 0 Å². The molecule has 6 heteroatoms. The Morgan fingerprint density at radius 3 is 2.50 bits per heavy atom. The number of halogens is 1. The molecule has 1 aromatic heterocycles. The first-order valence-electron chi connectivity index (χ1n) is 9.43. The van der Waals surface area contributed by atoms with E-state index in [1.165, 1.54) is 6.07 Å². The van der Waals surface area contributed by atoms with Gasteiger partial charge < -0.3 is 10.3 Å². The molecule has 5 nitrogen and oxygen atoms in total. The Hall–Kier alpha value is -2.63. The molecule has 28 heavy (non-hydrogen) atoms. The number of nitrogens with zero attached hydrogens (tertiary/aromatic N) is 1. The van der Waals surface area contributed by atoms with Crippen LogP contribution in [-0.2, 0) is 0 Å². The summed E-state index contributed by atoms with van der Waals surface area (Å²) in [5.74, 6) is -0.272. The van der Waals surface area contributed by atoms with Crippen LogP contribution in [0.15, 0.2) is 59.4 Å². The van der Waals surface area contributed by atoms with Crippen LogP contribution in [0.5, 0.6) is 0 Å². The van der Waals surface area contributed by atoms with Crippen molar-refractivity contribution >= 4 is 28.4 Å². The van der Waals surface area contributed by atoms with Crippen molar-refractivity contribution in [1.82, 2.24) is 15.2 Å². The zero-order valence-electron chi connectivity index (χ0n) is 16.0. The lowest BCUT2D eigenvalue weighted by atomic mass is 10.0. The molecule has 0 fully saturated rings. The number of amides is 1. The quantitative estimate of drug-likeness (QED) is 0.633. The second kappa shape index (κ2) is 9.04. The number of fused-ring (bicyclic) bond motifs is 1. The van der Waals surface area contributed by atoms with Gasteiger partial charge in [0.05, 0.1) is 11.6 Å². The van der Waals surface area contributed by atoms with Crippen molar-refractivity contribution < 1.29 is 4.79 Å². The Morgan fingerprint density at radius 2 is 1.79 bits per heavy atom. The third-order valence-corrected chi connectivity index (χ3v) is 5.31. The topological polar surface area (TPSA) is 65.2 Å². The van der Waals surface area contributed by atoms with Gasteiger partial charge in [-0.05, 0) is 30.8 Å². The molecule has 3 aromatic rings. The van der Waals surface area contributed by atoms with Crippen molar-refractivity contribution in [3.05, 3.63) is 81.1 Å². The van der Waals surface area contributed by atoms with E-state index in [9.17, 15) is 9.59 Å². The maximum Gasteiger partial charge on any atom is 0.252 e. The van der Waals surface area contributed by atoms with E-state index in [2.05, 4.69) is 29.0 Å². The molecule has 0 aliphatic heterocycles. The molecule has 0 unspecified atom stereocenters. The number of carbonyl (C=O) groups excluding carboxylic acids is 1. The Morgan fingerprint density at radius 1 is 1.11 bits per heavy atom. The Bertz CT molecular complexity index is 1030. The molecule has 1 heterocycles. The first-order chi connectivity index (χ1) is 13.5. The molecule has 0 spiro atoms. The lowest BCUT2D eigenvalue weighted by Gasteiger charge is -2.31. The van der Waals surface area contributed by atoms with E-state index in [4.69, 9.17) is 11.6 Å². The fraction of sp³-hybridized carbons (Fsp3) is 0.273. The summed E-state index contributed by atoms with van der Waals surface area (Å²) in [6, 6.07) is 16.3. The highest BCUT2D eigenvalue weighted by molar-refractivity contribution is 6.31. The summed E-state index contributed by atoms with van der Waals surface area (Å²) in [6.07, 6.45) is 0. The Balaban J connectivity index is 1.89. The summed E-state index contributed by atoms with van der Waals surface area (Å²) >= 11 is 6.42. The van der Waals surface area contributed by atoms with Gasteiger partial charge in [0.25, 0.3) is 5.91 Å². The maximum absolute atomic E-state index is 12.9. The van der Waals surface area contributed by atoms with E-state index in [1.54, 1.807) is 6.07 Å². The van der Waals surface area contributed by atoms with Gasteiger partial charge in [-0.3, -0.25) is 14.5 Å². The number of nitrogens with one attached hydrogen (secondary N) is 2. The van der Waals surface area contributed by atoms with Crippen LogP contribution in [0.25, 0.3) is 10.9 Å². The highest BCUT2D eigenvalue weighted by atomic mass is 35.5. The molecule has 1 atom stereocenters. The summed E-state index contributed by atoms with van der Waals surface area (Å²) in [7, 11) is 0. The molecule has 146 valence electrons. The minimum Gasteiger partial charge on any atom is -0.350 e. The molecule has 2 aromatic carbocycles. The average molecular weight is 398 g/mol. The highest BCUT2D eigenvalue weighted by Gasteiger charge is 2.22. The molecule has 0 aliphatic rings. The first kappa shape index (κ1) is 20.1. The number of rotatable bonds is 7. The van der Waals surface area contributed by atoms with E-state index in [1.807, 2.05) is 42.5 Å². The van der Waals surface area contributed by atoms with E-state index in [0.717, 1.165) is 24.0 Å². The van der Waals surface area contributed by atoms with E-state index in [0.29, 0.717) is 22.6 Å². The molecular formula is C22H24ClN3O2. The number of hydrogen-bond donors (Lipinski definition) is 2. The Kier molecular flexibility index (Phi) is 6.49. The van der Waals surface area contributed by atoms with Crippen LogP contribution in [0.3, 0.4) is 0 Å². The van der Waals surface area contributed by atoms with Gasteiger partial charge in [0.15, 0.2) is 0 Å². The fourth-order valence-corrected chi connectivity index (χ4v) is 3.78. The van der Waals surface area contributed by atoms with Gasteiger partial charge >= 0.3 is 0 Å². The Labute approximate surface area is 169 Å². The standard InChI is InChI=1S/C22H24ClN3O2/c1-3-26(4-2)20(16-10-5-7-11-18(16)23)14-24-22(28)17-13-21(27)25-19-12-8-6-9-15(17)19/h5-13,20H,3-4,14H2,1-2H3,(H,24,28)(H,25,27)/t20-/m0/s1. The third-order valence-electron chi connectivity index (χ3n) is 4.97. The van der Waals surface area contributed by atoms with Crippen molar-refractivity contribution in [3.63, 3.8) is 0 Å². The summed E-state index contributed by atoms with van der Waals surface area (Å²) in [4.78, 5) is 29.9. The number of benzene rings is 2. The van der Waals surface area contributed by atoms with Crippen LogP contribution in [0, 0.1) is 0 Å². The van der Waals surface area contributed by atoms with Crippen LogP contribution in [-0.4, -0.2) is 35.4 Å². The second-order valence-corrected chi connectivity index (χ2v) is 6.97. The van der Waals surface area contributed by atoms with Gasteiger partial charge in [-0.1, -0.05) is 61.8 Å². The van der Waals surface area contributed by atoms with Crippen LogP contribution >= 0.6 is 11.6 Å². The smallest absolute Gasteiger partial charge is 0.252 e. The number of aromatic nitrogens is 1. The average Bonchev–Trinajstić information content (AvgIpc) is 2.71. The predicted octanol–water partition coefficient (Wildman–Crippen LogP) is 3.99. The molecule has 0 radical (unpaired) electrons.